The molecule has 3 aromatic rings. The monoisotopic (exact) mass is 294 g/mol. The minimum Gasteiger partial charge on any atom is -0.330 e. The lowest BCUT2D eigenvalue weighted by atomic mass is 10.0. The Labute approximate surface area is 129 Å². The Bertz CT molecular complexity index is 826. The standard InChI is InChI=1S/C18H15ClN2/c1-2-16-18(13-6-4-3-5-7-13)15-12-14(19)8-9-17(15)21(16)11-10-20/h3-9,12H,2,11H2,1H3. The summed E-state index contributed by atoms with van der Waals surface area (Å²) in [4.78, 5) is 0. The van der Waals surface area contributed by atoms with Crippen molar-refractivity contribution in [3.8, 4) is 17.2 Å². The molecule has 104 valence electrons. The lowest BCUT2D eigenvalue weighted by molar-refractivity contribution is 0.805. The van der Waals surface area contributed by atoms with Crippen LogP contribution in [0.25, 0.3) is 22.0 Å². The van der Waals surface area contributed by atoms with Gasteiger partial charge in [0.25, 0.3) is 0 Å². The number of rotatable bonds is 3. The normalized spacial score (nSPS) is 10.7. The van der Waals surface area contributed by atoms with Crippen LogP contribution in [0.4, 0.5) is 0 Å². The van der Waals surface area contributed by atoms with Crippen molar-refractivity contribution in [2.45, 2.75) is 19.9 Å². The first-order chi connectivity index (χ1) is 10.3. The molecule has 0 amide bonds. The van der Waals surface area contributed by atoms with Gasteiger partial charge in [-0.25, -0.2) is 0 Å². The molecule has 1 aromatic heterocycles. The summed E-state index contributed by atoms with van der Waals surface area (Å²) in [5.41, 5.74) is 4.60. The smallest absolute Gasteiger partial charge is 0.110 e. The zero-order valence-electron chi connectivity index (χ0n) is 11.8. The maximum atomic E-state index is 9.14. The fraction of sp³-hybridized carbons (Fsp3) is 0.167. The van der Waals surface area contributed by atoms with Gasteiger partial charge < -0.3 is 4.57 Å². The first kappa shape index (κ1) is 13.7. The molecule has 0 saturated carbocycles. The van der Waals surface area contributed by atoms with E-state index in [0.717, 1.165) is 22.3 Å². The predicted octanol–water partition coefficient (Wildman–Crippen LogP) is 5.05. The quantitative estimate of drug-likeness (QED) is 0.664. The van der Waals surface area contributed by atoms with Crippen molar-refractivity contribution in [2.75, 3.05) is 0 Å². The lowest BCUT2D eigenvalue weighted by Gasteiger charge is -2.07. The molecule has 0 aliphatic carbocycles. The van der Waals surface area contributed by atoms with E-state index in [2.05, 4.69) is 29.7 Å². The molecule has 0 atom stereocenters. The molecule has 0 aliphatic heterocycles. The summed E-state index contributed by atoms with van der Waals surface area (Å²) in [6, 6.07) is 18.4. The fourth-order valence-corrected chi connectivity index (χ4v) is 3.10. The van der Waals surface area contributed by atoms with Gasteiger partial charge in [-0.1, -0.05) is 48.9 Å². The summed E-state index contributed by atoms with van der Waals surface area (Å²) in [6.45, 7) is 2.48. The number of fused-ring (bicyclic) bond motifs is 1. The van der Waals surface area contributed by atoms with Gasteiger partial charge in [0.05, 0.1) is 6.07 Å². The van der Waals surface area contributed by atoms with Gasteiger partial charge in [-0.05, 0) is 30.2 Å². The van der Waals surface area contributed by atoms with Crippen molar-refractivity contribution in [1.82, 2.24) is 4.57 Å². The van der Waals surface area contributed by atoms with E-state index in [9.17, 15) is 0 Å². The van der Waals surface area contributed by atoms with E-state index in [1.165, 1.54) is 16.8 Å². The second-order valence-electron chi connectivity index (χ2n) is 4.95. The van der Waals surface area contributed by atoms with Gasteiger partial charge in [0.1, 0.15) is 6.54 Å². The number of hydrogen-bond acceptors (Lipinski definition) is 1. The van der Waals surface area contributed by atoms with Crippen LogP contribution in [0.3, 0.4) is 0 Å². The van der Waals surface area contributed by atoms with Gasteiger partial charge in [0.2, 0.25) is 0 Å². The molecule has 3 rings (SSSR count). The maximum Gasteiger partial charge on any atom is 0.110 e. The van der Waals surface area contributed by atoms with Crippen molar-refractivity contribution in [3.63, 3.8) is 0 Å². The van der Waals surface area contributed by atoms with Gasteiger partial charge in [-0.3, -0.25) is 0 Å². The third kappa shape index (κ3) is 2.30. The van der Waals surface area contributed by atoms with Crippen LogP contribution in [-0.2, 0) is 13.0 Å². The molecule has 0 bridgehead atoms. The number of nitriles is 1. The second kappa shape index (κ2) is 5.63. The van der Waals surface area contributed by atoms with Crippen LogP contribution in [0.1, 0.15) is 12.6 Å². The van der Waals surface area contributed by atoms with E-state index in [0.29, 0.717) is 6.54 Å². The van der Waals surface area contributed by atoms with Crippen molar-refractivity contribution in [3.05, 3.63) is 59.2 Å². The minimum absolute atomic E-state index is 0.355. The average Bonchev–Trinajstić information content (AvgIpc) is 2.81. The highest BCUT2D eigenvalue weighted by molar-refractivity contribution is 6.31. The summed E-state index contributed by atoms with van der Waals surface area (Å²) in [7, 11) is 0. The SMILES string of the molecule is CCc1c(-c2ccccc2)c2cc(Cl)ccc2n1CC#N. The molecule has 3 heteroatoms. The molecule has 0 radical (unpaired) electrons. The molecule has 0 saturated heterocycles. The topological polar surface area (TPSA) is 28.7 Å². The molecule has 0 fully saturated rings. The number of nitrogens with zero attached hydrogens (tertiary/aromatic N) is 2. The Balaban J connectivity index is 2.41. The summed E-state index contributed by atoms with van der Waals surface area (Å²) in [6.07, 6.45) is 0.873. The second-order valence-corrected chi connectivity index (χ2v) is 5.38. The summed E-state index contributed by atoms with van der Waals surface area (Å²) in [5, 5.41) is 11.0. The Morgan fingerprint density at radius 1 is 1.14 bits per heavy atom. The Hall–Kier alpha value is -2.24. The Kier molecular flexibility index (Phi) is 3.68. The molecule has 0 spiro atoms. The number of hydrogen-bond donors (Lipinski definition) is 0. The van der Waals surface area contributed by atoms with Crippen molar-refractivity contribution in [2.24, 2.45) is 0 Å². The zero-order valence-corrected chi connectivity index (χ0v) is 12.6. The maximum absolute atomic E-state index is 9.14. The van der Waals surface area contributed by atoms with Gasteiger partial charge in [0, 0.05) is 27.2 Å². The largest absolute Gasteiger partial charge is 0.330 e. The zero-order chi connectivity index (χ0) is 14.8. The first-order valence-corrected chi connectivity index (χ1v) is 7.37. The molecular weight excluding hydrogens is 280 g/mol. The average molecular weight is 295 g/mol. The molecule has 1 heterocycles. The van der Waals surface area contributed by atoms with Crippen LogP contribution in [0.5, 0.6) is 0 Å². The number of benzene rings is 2. The van der Waals surface area contributed by atoms with E-state index in [1.807, 2.05) is 36.4 Å². The van der Waals surface area contributed by atoms with Crippen LogP contribution in [0.2, 0.25) is 5.02 Å². The van der Waals surface area contributed by atoms with Crippen molar-refractivity contribution < 1.29 is 0 Å². The number of aromatic nitrogens is 1. The molecule has 0 unspecified atom stereocenters. The Morgan fingerprint density at radius 2 is 1.90 bits per heavy atom. The fourth-order valence-electron chi connectivity index (χ4n) is 2.93. The lowest BCUT2D eigenvalue weighted by Crippen LogP contribution is -2.01. The first-order valence-electron chi connectivity index (χ1n) is 6.99. The third-order valence-corrected chi connectivity index (χ3v) is 3.99. The van der Waals surface area contributed by atoms with E-state index >= 15 is 0 Å². The van der Waals surface area contributed by atoms with E-state index in [4.69, 9.17) is 16.9 Å². The summed E-state index contributed by atoms with van der Waals surface area (Å²) < 4.78 is 2.09. The van der Waals surface area contributed by atoms with Crippen molar-refractivity contribution >= 4 is 22.5 Å². The molecule has 21 heavy (non-hydrogen) atoms. The van der Waals surface area contributed by atoms with E-state index in [1.54, 1.807) is 0 Å². The van der Waals surface area contributed by atoms with Gasteiger partial charge in [0.15, 0.2) is 0 Å². The van der Waals surface area contributed by atoms with Crippen LogP contribution in [0.15, 0.2) is 48.5 Å². The highest BCUT2D eigenvalue weighted by atomic mass is 35.5. The minimum atomic E-state index is 0.355. The van der Waals surface area contributed by atoms with Gasteiger partial charge in [-0.15, -0.1) is 0 Å². The Morgan fingerprint density at radius 3 is 2.57 bits per heavy atom. The summed E-state index contributed by atoms with van der Waals surface area (Å²) >= 11 is 6.19. The van der Waals surface area contributed by atoms with E-state index in [-0.39, 0.29) is 0 Å². The van der Waals surface area contributed by atoms with Crippen LogP contribution >= 0.6 is 11.6 Å². The van der Waals surface area contributed by atoms with E-state index < -0.39 is 0 Å². The number of halogens is 1. The predicted molar refractivity (Wildman–Crippen MR) is 87.4 cm³/mol. The van der Waals surface area contributed by atoms with Crippen LogP contribution in [0, 0.1) is 11.3 Å². The third-order valence-electron chi connectivity index (χ3n) is 3.76. The highest BCUT2D eigenvalue weighted by Gasteiger charge is 2.17. The van der Waals surface area contributed by atoms with Crippen molar-refractivity contribution in [1.29, 1.82) is 5.26 Å². The van der Waals surface area contributed by atoms with Gasteiger partial charge >= 0.3 is 0 Å². The van der Waals surface area contributed by atoms with Crippen LogP contribution < -0.4 is 0 Å². The van der Waals surface area contributed by atoms with Crippen LogP contribution in [-0.4, -0.2) is 4.57 Å². The highest BCUT2D eigenvalue weighted by Crippen LogP contribution is 2.36. The van der Waals surface area contributed by atoms with Gasteiger partial charge in [-0.2, -0.15) is 5.26 Å². The molecule has 2 aromatic carbocycles. The molecule has 0 N–H and O–H groups in total. The molecule has 2 nitrogen and oxygen atoms in total. The molecule has 0 aliphatic rings. The summed E-state index contributed by atoms with van der Waals surface area (Å²) in [5.74, 6) is 0. The molecular formula is C18H15ClN2.